The van der Waals surface area contributed by atoms with Crippen LogP contribution in [0.2, 0.25) is 1.41 Å². The first-order valence-corrected chi connectivity index (χ1v) is 8.29. The van der Waals surface area contributed by atoms with Gasteiger partial charge in [-0.15, -0.1) is 0 Å². The fourth-order valence-corrected chi connectivity index (χ4v) is 3.30. The molecule has 2 aromatic carbocycles. The van der Waals surface area contributed by atoms with Crippen molar-refractivity contribution in [3.8, 4) is 11.5 Å². The lowest BCUT2D eigenvalue weighted by Gasteiger charge is -2.16. The number of hydrogen-bond acceptors (Lipinski definition) is 7. The molecule has 1 N–H and O–H groups in total. The lowest BCUT2D eigenvalue weighted by Crippen LogP contribution is -2.18. The van der Waals surface area contributed by atoms with Gasteiger partial charge in [0.2, 0.25) is 0 Å². The minimum Gasteiger partial charge on any atom is -0.490 e. The lowest BCUT2D eigenvalue weighted by atomic mass is 10.0. The Kier molecular flexibility index (Phi) is 4.84. The molecule has 0 bridgehead atoms. The van der Waals surface area contributed by atoms with Crippen LogP contribution in [0.4, 0.5) is 11.4 Å². The van der Waals surface area contributed by atoms with Gasteiger partial charge in [0.15, 0.2) is 11.5 Å². The first-order chi connectivity index (χ1) is 13.4. The second-order valence-corrected chi connectivity index (χ2v) is 6.13. The molecule has 9 nitrogen and oxygen atoms in total. The van der Waals surface area contributed by atoms with Gasteiger partial charge in [-0.2, -0.15) is 0 Å². The zero-order valence-corrected chi connectivity index (χ0v) is 14.8. The Balaban J connectivity index is 1.91. The summed E-state index contributed by atoms with van der Waals surface area (Å²) >= 11 is 0. The fraction of sp³-hybridized carbons (Fsp3) is 0.333. The SMILES string of the molecule is [2H]N1C(c2ccc(OC)c([N+](=O)[O-])c2)CCC1c1ccc(OC)c([N+](=O)[O-])c1. The number of ether oxygens (including phenoxy) is 2. The Morgan fingerprint density at radius 1 is 0.926 bits per heavy atom. The van der Waals surface area contributed by atoms with Gasteiger partial charge in [-0.05, 0) is 36.1 Å². The van der Waals surface area contributed by atoms with Gasteiger partial charge in [0.1, 0.15) is 1.41 Å². The zero-order valence-electron chi connectivity index (χ0n) is 15.8. The molecule has 0 amide bonds. The van der Waals surface area contributed by atoms with Gasteiger partial charge in [-0.1, -0.05) is 12.1 Å². The summed E-state index contributed by atoms with van der Waals surface area (Å²) in [5.74, 6) is 0.316. The molecule has 1 aliphatic rings. The van der Waals surface area contributed by atoms with Crippen LogP contribution in [0, 0.1) is 20.2 Å². The molecule has 1 aliphatic heterocycles. The van der Waals surface area contributed by atoms with Crippen molar-refractivity contribution >= 4 is 11.4 Å². The van der Waals surface area contributed by atoms with E-state index in [0.29, 0.717) is 24.0 Å². The molecular formula is C18H19N3O6. The second kappa shape index (κ2) is 7.58. The Bertz CT molecular complexity index is 849. The predicted molar refractivity (Wildman–Crippen MR) is 97.1 cm³/mol. The van der Waals surface area contributed by atoms with Crippen LogP contribution in [0.5, 0.6) is 11.5 Å². The van der Waals surface area contributed by atoms with Gasteiger partial charge in [-0.25, -0.2) is 0 Å². The molecule has 142 valence electrons. The number of rotatable bonds is 6. The summed E-state index contributed by atoms with van der Waals surface area (Å²) in [6.45, 7) is 0. The molecule has 3 rings (SSSR count). The standard InChI is InChI=1S/C18H19N3O6/c1-26-17-7-3-11(9-15(17)20(22)23)13-5-6-14(19-13)12-4-8-18(27-2)16(10-12)21(24)25/h3-4,7-10,13-14,19H,5-6H2,1-2H3/i/hD. The molecule has 1 saturated heterocycles. The largest absolute Gasteiger partial charge is 0.490 e. The van der Waals surface area contributed by atoms with Gasteiger partial charge in [0.25, 0.3) is 0 Å². The summed E-state index contributed by atoms with van der Waals surface area (Å²) < 4.78 is 18.5. The fourth-order valence-electron chi connectivity index (χ4n) is 3.30. The minimum absolute atomic E-state index is 0.156. The highest BCUT2D eigenvalue weighted by Gasteiger charge is 2.29. The molecule has 0 saturated carbocycles. The Morgan fingerprint density at radius 2 is 1.33 bits per heavy atom. The van der Waals surface area contributed by atoms with Crippen LogP contribution in [0.25, 0.3) is 0 Å². The Labute approximate surface area is 156 Å². The third-order valence-corrected chi connectivity index (χ3v) is 4.64. The van der Waals surface area contributed by atoms with Gasteiger partial charge < -0.3 is 14.8 Å². The van der Waals surface area contributed by atoms with Crippen molar-refractivity contribution in [1.29, 1.82) is 0 Å². The first kappa shape index (κ1) is 17.2. The van der Waals surface area contributed by atoms with Crippen molar-refractivity contribution in [2.75, 3.05) is 14.2 Å². The van der Waals surface area contributed by atoms with E-state index in [1.54, 1.807) is 12.1 Å². The van der Waals surface area contributed by atoms with E-state index in [9.17, 15) is 20.2 Å². The number of nitrogens with one attached hydrogen (secondary N) is 1. The molecule has 9 heteroatoms. The van der Waals surface area contributed by atoms with Crippen LogP contribution < -0.4 is 14.8 Å². The van der Waals surface area contributed by atoms with Crippen LogP contribution in [0.1, 0.15) is 36.1 Å². The van der Waals surface area contributed by atoms with Crippen molar-refractivity contribution in [3.63, 3.8) is 0 Å². The van der Waals surface area contributed by atoms with Crippen molar-refractivity contribution in [3.05, 3.63) is 67.8 Å². The molecule has 0 spiro atoms. The minimum atomic E-state index is -0.518. The maximum Gasteiger partial charge on any atom is 0.311 e. The molecule has 2 atom stereocenters. The first-order valence-electron chi connectivity index (χ1n) is 8.74. The van der Waals surface area contributed by atoms with Crippen LogP contribution in [0.15, 0.2) is 36.4 Å². The highest BCUT2D eigenvalue weighted by atomic mass is 16.6. The van der Waals surface area contributed by atoms with Gasteiger partial charge in [-0.3, -0.25) is 20.2 Å². The van der Waals surface area contributed by atoms with E-state index in [1.165, 1.54) is 43.8 Å². The van der Waals surface area contributed by atoms with Crippen molar-refractivity contribution < 1.29 is 20.7 Å². The molecule has 1 heterocycles. The monoisotopic (exact) mass is 374 g/mol. The van der Waals surface area contributed by atoms with Crippen molar-refractivity contribution in [2.45, 2.75) is 24.9 Å². The number of nitrogens with zero attached hydrogens (tertiary/aromatic N) is 2. The Morgan fingerprint density at radius 3 is 1.67 bits per heavy atom. The third-order valence-electron chi connectivity index (χ3n) is 4.64. The van der Waals surface area contributed by atoms with E-state index < -0.39 is 9.85 Å². The Hall–Kier alpha value is -3.20. The number of hydrogen-bond donors (Lipinski definition) is 1. The summed E-state index contributed by atoms with van der Waals surface area (Å²) in [5.41, 5.74) is 0.954. The third kappa shape index (κ3) is 3.68. The number of methoxy groups -OCH3 is 2. The number of nitro benzene ring substituents is 2. The topological polar surface area (TPSA) is 117 Å². The maximum atomic E-state index is 11.3. The summed E-state index contributed by atoms with van der Waals surface area (Å²) in [6, 6.07) is 8.56. The highest BCUT2D eigenvalue weighted by Crippen LogP contribution is 2.39. The van der Waals surface area contributed by atoms with E-state index in [2.05, 4.69) is 0 Å². The quantitative estimate of drug-likeness (QED) is 0.605. The van der Waals surface area contributed by atoms with Gasteiger partial charge in [0, 0.05) is 24.2 Å². The number of nitro groups is 2. The van der Waals surface area contributed by atoms with Crippen molar-refractivity contribution in [1.82, 2.24) is 5.31 Å². The summed E-state index contributed by atoms with van der Waals surface area (Å²) in [4.78, 5) is 21.5. The van der Waals surface area contributed by atoms with E-state index in [1.807, 2.05) is 0 Å². The van der Waals surface area contributed by atoms with E-state index in [4.69, 9.17) is 10.9 Å². The smallest absolute Gasteiger partial charge is 0.311 e. The maximum absolute atomic E-state index is 11.3. The van der Waals surface area contributed by atoms with Crippen LogP contribution in [0.3, 0.4) is 0 Å². The predicted octanol–water partition coefficient (Wildman–Crippen LogP) is 3.69. The highest BCUT2D eigenvalue weighted by molar-refractivity contribution is 5.51. The van der Waals surface area contributed by atoms with Crippen LogP contribution >= 0.6 is 0 Å². The molecule has 1 fully saturated rings. The molecule has 0 radical (unpaired) electrons. The molecule has 27 heavy (non-hydrogen) atoms. The summed E-state index contributed by atoms with van der Waals surface area (Å²) in [6.07, 6.45) is 1.19. The van der Waals surface area contributed by atoms with Crippen molar-refractivity contribution in [2.24, 2.45) is 0 Å². The van der Waals surface area contributed by atoms with Gasteiger partial charge >= 0.3 is 11.4 Å². The van der Waals surface area contributed by atoms with E-state index >= 15 is 0 Å². The van der Waals surface area contributed by atoms with Crippen LogP contribution in [-0.2, 0) is 0 Å². The number of benzene rings is 2. The second-order valence-electron chi connectivity index (χ2n) is 6.13. The van der Waals surface area contributed by atoms with Crippen LogP contribution in [-0.4, -0.2) is 24.1 Å². The molecule has 0 aromatic heterocycles. The zero-order chi connectivity index (χ0) is 20.4. The summed E-state index contributed by atoms with van der Waals surface area (Å²) in [5, 5.41) is 23.9. The molecule has 2 aromatic rings. The lowest BCUT2D eigenvalue weighted by molar-refractivity contribution is -0.385. The molecular weight excluding hydrogens is 354 g/mol. The molecule has 2 unspecified atom stereocenters. The van der Waals surface area contributed by atoms with E-state index in [0.717, 1.165) is 0 Å². The normalized spacial score (nSPS) is 20.1. The van der Waals surface area contributed by atoms with E-state index in [-0.39, 0.29) is 35.0 Å². The average molecular weight is 374 g/mol. The molecule has 0 aliphatic carbocycles. The summed E-state index contributed by atoms with van der Waals surface area (Å²) in [7, 11) is 2.72. The van der Waals surface area contributed by atoms with Gasteiger partial charge in [0.05, 0.1) is 24.1 Å². The average Bonchev–Trinajstić information content (AvgIpc) is 3.08.